The molecule has 1 heterocycles. The summed E-state index contributed by atoms with van der Waals surface area (Å²) in [6.45, 7) is 4.23. The van der Waals surface area contributed by atoms with Gasteiger partial charge in [-0.25, -0.2) is 14.0 Å². The van der Waals surface area contributed by atoms with Gasteiger partial charge in [0, 0.05) is 26.1 Å². The molecule has 1 fully saturated rings. The Labute approximate surface area is 130 Å². The van der Waals surface area contributed by atoms with Crippen LogP contribution in [-0.2, 0) is 19.1 Å². The average molecular weight is 324 g/mol. The van der Waals surface area contributed by atoms with Gasteiger partial charge in [0.25, 0.3) is 11.5 Å². The lowest BCUT2D eigenvalue weighted by Crippen LogP contribution is -2.42. The smallest absolute Gasteiger partial charge is 0.350 e. The van der Waals surface area contributed by atoms with Crippen molar-refractivity contribution in [2.45, 2.75) is 26.6 Å². The highest BCUT2D eigenvalue weighted by atomic mass is 19.1. The van der Waals surface area contributed by atoms with Crippen LogP contribution in [0.2, 0.25) is 0 Å². The molecule has 0 unspecified atom stereocenters. The highest BCUT2D eigenvalue weighted by Crippen LogP contribution is 2.27. The summed E-state index contributed by atoms with van der Waals surface area (Å²) in [5, 5.41) is 13.1. The van der Waals surface area contributed by atoms with Crippen LogP contribution in [0.5, 0.6) is 0 Å². The summed E-state index contributed by atoms with van der Waals surface area (Å²) in [7, 11) is 0. The lowest BCUT2D eigenvalue weighted by atomic mass is 10.1. The summed E-state index contributed by atoms with van der Waals surface area (Å²) in [4.78, 5) is 33.4. The van der Waals surface area contributed by atoms with Crippen molar-refractivity contribution < 1.29 is 28.4 Å². The largest absolute Gasteiger partial charge is 0.419 e. The molecule has 0 amide bonds. The van der Waals surface area contributed by atoms with Crippen molar-refractivity contribution in [2.75, 3.05) is 5.32 Å². The van der Waals surface area contributed by atoms with Crippen LogP contribution in [-0.4, -0.2) is 22.6 Å². The number of halogens is 1. The van der Waals surface area contributed by atoms with Crippen molar-refractivity contribution in [3.63, 3.8) is 0 Å². The van der Waals surface area contributed by atoms with E-state index in [1.165, 1.54) is 20.8 Å². The van der Waals surface area contributed by atoms with Gasteiger partial charge in [0.1, 0.15) is 0 Å². The number of esters is 2. The van der Waals surface area contributed by atoms with E-state index in [0.717, 1.165) is 18.3 Å². The molecule has 0 bridgehead atoms. The molecule has 9 heteroatoms. The Hall–Kier alpha value is -2.97. The number of nitro benzene ring substituents is 1. The first-order valence-corrected chi connectivity index (χ1v) is 6.48. The van der Waals surface area contributed by atoms with Gasteiger partial charge in [0.05, 0.1) is 16.7 Å². The highest BCUT2D eigenvalue weighted by Gasteiger charge is 2.39. The van der Waals surface area contributed by atoms with Gasteiger partial charge in [-0.05, 0) is 12.5 Å². The normalized spacial score (nSPS) is 16.4. The topological polar surface area (TPSA) is 108 Å². The van der Waals surface area contributed by atoms with Gasteiger partial charge >= 0.3 is 11.9 Å². The molecule has 2 rings (SSSR count). The predicted octanol–water partition coefficient (Wildman–Crippen LogP) is 2.17. The number of nitrogens with zero attached hydrogens (tertiary/aromatic N) is 1. The summed E-state index contributed by atoms with van der Waals surface area (Å²) in [6.07, 6.45) is 0.942. The Kier molecular flexibility index (Phi) is 4.04. The number of rotatable bonds is 3. The number of anilines is 1. The van der Waals surface area contributed by atoms with Crippen molar-refractivity contribution >= 4 is 23.3 Å². The molecular weight excluding hydrogens is 311 g/mol. The predicted molar refractivity (Wildman–Crippen MR) is 75.8 cm³/mol. The minimum absolute atomic E-state index is 0.103. The Morgan fingerprint density at radius 1 is 1.26 bits per heavy atom. The molecule has 122 valence electrons. The molecule has 0 aromatic heterocycles. The average Bonchev–Trinajstić information content (AvgIpc) is 2.38. The van der Waals surface area contributed by atoms with Crippen LogP contribution < -0.4 is 5.32 Å². The molecule has 1 saturated heterocycles. The SMILES string of the molecule is Cc1cc([N+](=O)[O-])cc(F)c1NC=C1C(=O)OC(C)(C)OC1=O. The van der Waals surface area contributed by atoms with E-state index in [4.69, 9.17) is 9.47 Å². The number of carbonyl (C=O) groups is 2. The van der Waals surface area contributed by atoms with Gasteiger partial charge < -0.3 is 14.8 Å². The maximum Gasteiger partial charge on any atom is 0.350 e. The van der Waals surface area contributed by atoms with E-state index in [-0.39, 0.29) is 11.3 Å². The first-order chi connectivity index (χ1) is 10.6. The van der Waals surface area contributed by atoms with Crippen LogP contribution in [0.15, 0.2) is 23.9 Å². The Bertz CT molecular complexity index is 696. The maximum atomic E-state index is 13.9. The van der Waals surface area contributed by atoms with Crippen LogP contribution in [0.3, 0.4) is 0 Å². The molecule has 1 aliphatic rings. The second-order valence-corrected chi connectivity index (χ2v) is 5.26. The van der Waals surface area contributed by atoms with Crippen LogP contribution in [0.4, 0.5) is 15.8 Å². The van der Waals surface area contributed by atoms with Gasteiger partial charge in [-0.1, -0.05) is 0 Å². The third-order valence-corrected chi connectivity index (χ3v) is 2.96. The third-order valence-electron chi connectivity index (χ3n) is 2.96. The van der Waals surface area contributed by atoms with Gasteiger partial charge in [0.15, 0.2) is 11.4 Å². The second-order valence-electron chi connectivity index (χ2n) is 5.26. The molecular formula is C14H13FN2O6. The number of nitro groups is 1. The van der Waals surface area contributed by atoms with Gasteiger partial charge in [0.2, 0.25) is 0 Å². The summed E-state index contributed by atoms with van der Waals surface area (Å²) >= 11 is 0. The van der Waals surface area contributed by atoms with Gasteiger partial charge in [-0.15, -0.1) is 0 Å². The number of non-ortho nitro benzene ring substituents is 1. The molecule has 1 aromatic rings. The highest BCUT2D eigenvalue weighted by molar-refractivity contribution is 6.15. The molecule has 1 N–H and O–H groups in total. The number of carbonyl (C=O) groups excluding carboxylic acids is 2. The van der Waals surface area contributed by atoms with E-state index < -0.39 is 39.7 Å². The van der Waals surface area contributed by atoms with E-state index in [1.807, 2.05) is 0 Å². The maximum absolute atomic E-state index is 13.9. The fourth-order valence-electron chi connectivity index (χ4n) is 1.94. The Morgan fingerprint density at radius 3 is 2.30 bits per heavy atom. The molecule has 0 radical (unpaired) electrons. The molecule has 8 nitrogen and oxygen atoms in total. The molecule has 1 aliphatic heterocycles. The first kappa shape index (κ1) is 16.4. The number of aryl methyl sites for hydroxylation is 1. The Balaban J connectivity index is 2.28. The number of benzene rings is 1. The Morgan fingerprint density at radius 2 is 1.83 bits per heavy atom. The second kappa shape index (κ2) is 5.67. The summed E-state index contributed by atoms with van der Waals surface area (Å²) in [5.74, 6) is -4.11. The van der Waals surface area contributed by atoms with Crippen LogP contribution in [0.25, 0.3) is 0 Å². The number of nitrogens with one attached hydrogen (secondary N) is 1. The third kappa shape index (κ3) is 3.44. The lowest BCUT2D eigenvalue weighted by Gasteiger charge is -2.29. The van der Waals surface area contributed by atoms with E-state index in [0.29, 0.717) is 0 Å². The van der Waals surface area contributed by atoms with E-state index in [9.17, 15) is 24.1 Å². The quantitative estimate of drug-likeness (QED) is 0.298. The monoisotopic (exact) mass is 324 g/mol. The summed E-state index contributed by atoms with van der Waals surface area (Å²) < 4.78 is 23.7. The zero-order chi connectivity index (χ0) is 17.4. The van der Waals surface area contributed by atoms with Crippen LogP contribution >= 0.6 is 0 Å². The molecule has 0 aliphatic carbocycles. The van der Waals surface area contributed by atoms with Crippen molar-refractivity contribution in [3.05, 3.63) is 45.4 Å². The van der Waals surface area contributed by atoms with Crippen molar-refractivity contribution in [2.24, 2.45) is 0 Å². The zero-order valence-corrected chi connectivity index (χ0v) is 12.5. The first-order valence-electron chi connectivity index (χ1n) is 6.48. The molecule has 23 heavy (non-hydrogen) atoms. The van der Waals surface area contributed by atoms with Crippen LogP contribution in [0.1, 0.15) is 19.4 Å². The lowest BCUT2D eigenvalue weighted by molar-refractivity contribution is -0.385. The van der Waals surface area contributed by atoms with E-state index in [1.54, 1.807) is 0 Å². The van der Waals surface area contributed by atoms with E-state index in [2.05, 4.69) is 5.32 Å². The van der Waals surface area contributed by atoms with Crippen molar-refractivity contribution in [1.82, 2.24) is 0 Å². The fourth-order valence-corrected chi connectivity index (χ4v) is 1.94. The number of hydrogen-bond donors (Lipinski definition) is 1. The molecule has 0 atom stereocenters. The van der Waals surface area contributed by atoms with Crippen molar-refractivity contribution in [3.8, 4) is 0 Å². The zero-order valence-electron chi connectivity index (χ0n) is 12.5. The van der Waals surface area contributed by atoms with Crippen LogP contribution in [0, 0.1) is 22.9 Å². The fraction of sp³-hybridized carbons (Fsp3) is 0.286. The van der Waals surface area contributed by atoms with Gasteiger partial charge in [-0.3, -0.25) is 10.1 Å². The molecule has 0 saturated carbocycles. The minimum Gasteiger partial charge on any atom is -0.419 e. The summed E-state index contributed by atoms with van der Waals surface area (Å²) in [5.41, 5.74) is -0.724. The summed E-state index contributed by atoms with van der Waals surface area (Å²) in [6, 6.07) is 1.89. The number of hydrogen-bond acceptors (Lipinski definition) is 7. The molecule has 0 spiro atoms. The number of cyclic esters (lactones) is 2. The molecule has 1 aromatic carbocycles. The standard InChI is InChI=1S/C14H13FN2O6/c1-7-4-8(17(20)21)5-10(15)11(7)16-6-9-12(18)22-14(2,3)23-13(9)19/h4-6,16H,1-3H3. The van der Waals surface area contributed by atoms with Gasteiger partial charge in [-0.2, -0.15) is 0 Å². The minimum atomic E-state index is -1.37. The van der Waals surface area contributed by atoms with Crippen molar-refractivity contribution in [1.29, 1.82) is 0 Å². The van der Waals surface area contributed by atoms with E-state index >= 15 is 0 Å². The number of ether oxygens (including phenoxy) is 2.